The van der Waals surface area contributed by atoms with Gasteiger partial charge in [-0.2, -0.15) is 0 Å². The van der Waals surface area contributed by atoms with Crippen molar-refractivity contribution in [1.82, 2.24) is 46.7 Å². The van der Waals surface area contributed by atoms with E-state index in [1.54, 1.807) is 0 Å². The van der Waals surface area contributed by atoms with Crippen LogP contribution >= 0.6 is 0 Å². The molecule has 0 spiro atoms. The molecule has 0 rings (SSSR count). The highest BCUT2D eigenvalue weighted by Gasteiger charge is 2.10. The SMILES string of the molecule is O=C([O-])CN(CCN(CC(=O)[O-])CC(=O)[O-])CC(=O)[O-].O=S([O-])([O-])=S.[NH4+].[NH4+].[NH4+].[NH4+].[NH4+].[NH4+]. The van der Waals surface area contributed by atoms with Crippen LogP contribution in [0.5, 0.6) is 0 Å². The highest BCUT2D eigenvalue weighted by Crippen LogP contribution is 1.92. The first-order valence-corrected chi connectivity index (χ1v) is 8.44. The van der Waals surface area contributed by atoms with E-state index >= 15 is 0 Å². The van der Waals surface area contributed by atoms with Crippen LogP contribution in [0.25, 0.3) is 0 Å². The molecule has 0 fully saturated rings. The van der Waals surface area contributed by atoms with Gasteiger partial charge in [0.2, 0.25) is 0 Å². The van der Waals surface area contributed by atoms with Gasteiger partial charge >= 0.3 is 0 Å². The molecule has 0 aliphatic carbocycles. The lowest BCUT2D eigenvalue weighted by molar-refractivity contribution is -0.314. The van der Waals surface area contributed by atoms with Gasteiger partial charge in [0.05, 0.1) is 23.9 Å². The molecule has 0 aliphatic rings. The smallest absolute Gasteiger partial charge is 0.0555 e. The van der Waals surface area contributed by atoms with Crippen LogP contribution in [-0.4, -0.2) is 86.3 Å². The Morgan fingerprint density at radius 1 is 0.581 bits per heavy atom. The van der Waals surface area contributed by atoms with E-state index in [4.69, 9.17) is 13.3 Å². The maximum absolute atomic E-state index is 10.4. The number of carbonyl (C=O) groups excluding carboxylic acids is 4. The fourth-order valence-corrected chi connectivity index (χ4v) is 1.44. The van der Waals surface area contributed by atoms with E-state index in [1.807, 2.05) is 0 Å². The number of carboxylic acids is 4. The molecule has 0 heterocycles. The van der Waals surface area contributed by atoms with Crippen molar-refractivity contribution in [3.05, 3.63) is 0 Å². The molecule has 0 bridgehead atoms. The summed E-state index contributed by atoms with van der Waals surface area (Å²) in [4.78, 5) is 43.4. The standard InChI is InChI=1S/C10H16N2O8.6H3N.H2O3S2/c13-7(14)3-11(4-8(15)16)1-2-12(5-9(17)18)6-10(19)20;;;;;;;1-5(2,3)4/h1-6H2,(H,13,14)(H,15,16)(H,17,18)(H,19,20);6*1H3;(H2,1,2,3,4). The summed E-state index contributed by atoms with van der Waals surface area (Å²) in [5.41, 5.74) is 0. The largest absolute Gasteiger partial charge is 0.780 e. The molecule has 24 N–H and O–H groups in total. The summed E-state index contributed by atoms with van der Waals surface area (Å²) in [7, 11) is -4.33. The molecule has 0 amide bonds. The van der Waals surface area contributed by atoms with E-state index in [1.165, 1.54) is 0 Å². The van der Waals surface area contributed by atoms with Crippen LogP contribution in [0.15, 0.2) is 0 Å². The van der Waals surface area contributed by atoms with Crippen LogP contribution in [0.3, 0.4) is 0 Å². The van der Waals surface area contributed by atoms with Gasteiger partial charge < -0.3 is 85.6 Å². The van der Waals surface area contributed by atoms with Crippen molar-refractivity contribution in [2.24, 2.45) is 0 Å². The van der Waals surface area contributed by atoms with E-state index in [2.05, 4.69) is 11.2 Å². The van der Waals surface area contributed by atoms with Crippen molar-refractivity contribution in [1.29, 1.82) is 0 Å². The molecule has 0 aromatic carbocycles. The maximum Gasteiger partial charge on any atom is 0.0555 e. The molecule has 0 aliphatic heterocycles. The van der Waals surface area contributed by atoms with Crippen molar-refractivity contribution in [2.75, 3.05) is 39.3 Å². The third kappa shape index (κ3) is 52.4. The predicted molar refractivity (Wildman–Crippen MR) is 106 cm³/mol. The van der Waals surface area contributed by atoms with E-state index in [0.29, 0.717) is 0 Å². The van der Waals surface area contributed by atoms with Gasteiger partial charge in [0.1, 0.15) is 0 Å². The Hall–Kier alpha value is -2.15. The fourth-order valence-electron chi connectivity index (χ4n) is 1.44. The van der Waals surface area contributed by atoms with Crippen molar-refractivity contribution >= 4 is 44.1 Å². The van der Waals surface area contributed by atoms with Crippen molar-refractivity contribution in [3.63, 3.8) is 0 Å². The molecule has 194 valence electrons. The van der Waals surface area contributed by atoms with Gasteiger partial charge in [-0.1, -0.05) is 0 Å². The highest BCUT2D eigenvalue weighted by atomic mass is 32.9. The van der Waals surface area contributed by atoms with Crippen LogP contribution in [0, 0.1) is 0 Å². The van der Waals surface area contributed by atoms with Crippen LogP contribution in [0.1, 0.15) is 0 Å². The number of nitrogens with zero attached hydrogens (tertiary/aromatic N) is 2. The fraction of sp³-hybridized carbons (Fsp3) is 0.600. The Balaban J connectivity index is -0.0000000721. The first-order valence-electron chi connectivity index (χ1n) is 6.11. The highest BCUT2D eigenvalue weighted by molar-refractivity contribution is 8.26. The first-order chi connectivity index (χ1) is 11.2. The zero-order valence-corrected chi connectivity index (χ0v) is 20.1. The molecule has 0 unspecified atom stereocenters. The van der Waals surface area contributed by atoms with Gasteiger partial charge in [0.25, 0.3) is 0 Å². The number of hydrogen-bond donors (Lipinski definition) is 6. The second kappa shape index (κ2) is 25.9. The summed E-state index contributed by atoms with van der Waals surface area (Å²) < 4.78 is 26.7. The van der Waals surface area contributed by atoms with Crippen LogP contribution in [-0.2, 0) is 39.4 Å². The lowest BCUT2D eigenvalue weighted by Crippen LogP contribution is -2.50. The van der Waals surface area contributed by atoms with Crippen molar-refractivity contribution in [3.8, 4) is 0 Å². The zero-order chi connectivity index (χ0) is 20.2. The van der Waals surface area contributed by atoms with Gasteiger partial charge in [0, 0.05) is 39.3 Å². The average molecular weight is 509 g/mol. The summed E-state index contributed by atoms with van der Waals surface area (Å²) in [6, 6.07) is 0. The molecule has 0 atom stereocenters. The van der Waals surface area contributed by atoms with Gasteiger partial charge in [-0.05, 0) is 11.2 Å². The Morgan fingerprint density at radius 2 is 0.710 bits per heavy atom. The minimum Gasteiger partial charge on any atom is -0.780 e. The van der Waals surface area contributed by atoms with Gasteiger partial charge in [-0.3, -0.25) is 14.0 Å². The molecular weight excluding hydrogens is 472 g/mol. The Kier molecular flexibility index (Phi) is 43.0. The topological polar surface area (TPSA) is 449 Å². The molecule has 31 heavy (non-hydrogen) atoms. The molecule has 0 radical (unpaired) electrons. The molecule has 19 nitrogen and oxygen atoms in total. The third-order valence-electron chi connectivity index (χ3n) is 2.14. The first kappa shape index (κ1) is 51.5. The summed E-state index contributed by atoms with van der Waals surface area (Å²) >= 11 is 3.24. The Morgan fingerprint density at radius 3 is 0.806 bits per heavy atom. The Bertz CT molecular complexity index is 517. The van der Waals surface area contributed by atoms with E-state index in [9.17, 15) is 39.6 Å². The maximum atomic E-state index is 10.4. The van der Waals surface area contributed by atoms with Gasteiger partial charge in [-0.25, -0.2) is 0 Å². The van der Waals surface area contributed by atoms with Crippen molar-refractivity contribution in [2.45, 2.75) is 0 Å². The van der Waals surface area contributed by atoms with Crippen LogP contribution < -0.4 is 57.3 Å². The summed E-state index contributed by atoms with van der Waals surface area (Å²) in [5, 5.41) is 41.6. The number of rotatable bonds is 11. The molecule has 0 saturated carbocycles. The van der Waals surface area contributed by atoms with E-state index in [-0.39, 0.29) is 50.0 Å². The third-order valence-corrected chi connectivity index (χ3v) is 2.14. The average Bonchev–Trinajstić information content (AvgIpc) is 2.30. The minimum absolute atomic E-state index is 0. The number of carboxylic acid groups (broad SMARTS) is 4. The molecule has 21 heteroatoms. The summed E-state index contributed by atoms with van der Waals surface area (Å²) in [5.74, 6) is -6.12. The predicted octanol–water partition coefficient (Wildman–Crippen LogP) is -6.16. The monoisotopic (exact) mass is 508 g/mol. The summed E-state index contributed by atoms with van der Waals surface area (Å²) in [6.07, 6.45) is 0. The van der Waals surface area contributed by atoms with Crippen LogP contribution in [0.2, 0.25) is 0 Å². The molecular formula is C10H36N8O11S2. The zero-order valence-electron chi connectivity index (χ0n) is 18.4. The lowest BCUT2D eigenvalue weighted by atomic mass is 10.4. The molecule has 0 aromatic rings. The molecule has 0 aromatic heterocycles. The normalized spacial score (nSPS) is 8.77. The van der Waals surface area contributed by atoms with E-state index in [0.717, 1.165) is 9.80 Å². The second-order valence-electron chi connectivity index (χ2n) is 4.32. The quantitative estimate of drug-likeness (QED) is 0.151. The number of quaternary nitrogens is 6. The second-order valence-corrected chi connectivity index (χ2v) is 6.36. The summed E-state index contributed by atoms with van der Waals surface area (Å²) in [6.45, 7) is -3.25. The number of carbonyl (C=O) groups is 4. The lowest BCUT2D eigenvalue weighted by Gasteiger charge is -2.28. The number of aliphatic carboxylic acids is 4. The molecule has 0 saturated heterocycles. The Labute approximate surface area is 183 Å². The van der Waals surface area contributed by atoms with Gasteiger partial charge in [-0.15, -0.1) is 9.05 Å². The van der Waals surface area contributed by atoms with Gasteiger partial charge in [0.15, 0.2) is 0 Å². The van der Waals surface area contributed by atoms with E-state index < -0.39 is 59.1 Å². The minimum atomic E-state index is -4.33. The van der Waals surface area contributed by atoms with Crippen LogP contribution in [0.4, 0.5) is 0 Å². The van der Waals surface area contributed by atoms with Crippen molar-refractivity contribution < 1.29 is 52.9 Å². The number of hydrogen-bond acceptors (Lipinski definition) is 14.